The van der Waals surface area contributed by atoms with Gasteiger partial charge in [0.1, 0.15) is 11.6 Å². The number of piperidine rings is 1. The third-order valence-corrected chi connectivity index (χ3v) is 5.00. The highest BCUT2D eigenvalue weighted by Gasteiger charge is 2.20. The van der Waals surface area contributed by atoms with Gasteiger partial charge in [0.25, 0.3) is 5.91 Å². The Labute approximate surface area is 137 Å². The van der Waals surface area contributed by atoms with Gasteiger partial charge in [-0.05, 0) is 38.1 Å². The Bertz CT molecular complexity index is 683. The molecule has 5 nitrogen and oxygen atoms in total. The number of hydrogen-bond acceptors (Lipinski definition) is 5. The Hall–Kier alpha value is -1.63. The first-order chi connectivity index (χ1) is 10.6. The van der Waals surface area contributed by atoms with Crippen LogP contribution < -0.4 is 10.6 Å². The van der Waals surface area contributed by atoms with Gasteiger partial charge in [0.2, 0.25) is 0 Å². The molecule has 1 aromatic heterocycles. The topological polar surface area (TPSA) is 74.2 Å². The van der Waals surface area contributed by atoms with Crippen LogP contribution in [0, 0.1) is 0 Å². The number of carbonyl (C=O) groups is 1. The summed E-state index contributed by atoms with van der Waals surface area (Å²) in [6, 6.07) is 4.68. The average Bonchev–Trinajstić information content (AvgIpc) is 2.99. The molecule has 0 radical (unpaired) electrons. The molecule has 0 spiro atoms. The van der Waals surface area contributed by atoms with Crippen molar-refractivity contribution in [2.75, 3.05) is 18.4 Å². The molecule has 0 saturated carbocycles. The first-order valence-corrected chi connectivity index (χ1v) is 8.36. The number of rotatable bonds is 3. The smallest absolute Gasteiger partial charge is 0.260 e. The molecule has 2 aromatic rings. The van der Waals surface area contributed by atoms with Gasteiger partial charge < -0.3 is 15.7 Å². The van der Waals surface area contributed by atoms with Gasteiger partial charge >= 0.3 is 0 Å². The number of carbonyl (C=O) groups excluding carboxylic acids is 1. The van der Waals surface area contributed by atoms with Gasteiger partial charge in [-0.2, -0.15) is 0 Å². The molecule has 1 aliphatic rings. The average molecular weight is 338 g/mol. The molecule has 116 valence electrons. The van der Waals surface area contributed by atoms with E-state index in [1.165, 1.54) is 12.1 Å². The molecule has 0 unspecified atom stereocenters. The highest BCUT2D eigenvalue weighted by molar-refractivity contribution is 7.10. The predicted octanol–water partition coefficient (Wildman–Crippen LogP) is 3.22. The van der Waals surface area contributed by atoms with Gasteiger partial charge in [0, 0.05) is 11.3 Å². The summed E-state index contributed by atoms with van der Waals surface area (Å²) < 4.78 is 0. The molecule has 2 heterocycles. The quantitative estimate of drug-likeness (QED) is 0.804. The van der Waals surface area contributed by atoms with Crippen LogP contribution in [0.1, 0.15) is 34.1 Å². The van der Waals surface area contributed by atoms with E-state index in [4.69, 9.17) is 11.6 Å². The number of aromatic hydroxyl groups is 1. The van der Waals surface area contributed by atoms with E-state index in [0.717, 1.165) is 30.9 Å². The number of phenols is 1. The van der Waals surface area contributed by atoms with E-state index in [0.29, 0.717) is 11.7 Å². The molecule has 0 aliphatic carbocycles. The van der Waals surface area contributed by atoms with Gasteiger partial charge in [-0.25, -0.2) is 4.98 Å². The number of aromatic nitrogens is 1. The maximum absolute atomic E-state index is 12.2. The maximum atomic E-state index is 12.2. The number of halogens is 1. The highest BCUT2D eigenvalue weighted by atomic mass is 35.5. The zero-order valence-corrected chi connectivity index (χ0v) is 13.4. The zero-order chi connectivity index (χ0) is 15.5. The Morgan fingerprint density at radius 3 is 2.95 bits per heavy atom. The van der Waals surface area contributed by atoms with Crippen molar-refractivity contribution in [1.29, 1.82) is 0 Å². The molecule has 1 aliphatic heterocycles. The van der Waals surface area contributed by atoms with Crippen molar-refractivity contribution in [3.63, 3.8) is 0 Å². The maximum Gasteiger partial charge on any atom is 0.260 e. The van der Waals surface area contributed by atoms with E-state index in [2.05, 4.69) is 15.6 Å². The molecule has 1 amide bonds. The fraction of sp³-hybridized carbons (Fsp3) is 0.333. The molecule has 22 heavy (non-hydrogen) atoms. The van der Waals surface area contributed by atoms with Crippen molar-refractivity contribution in [1.82, 2.24) is 10.3 Å². The Morgan fingerprint density at radius 1 is 1.41 bits per heavy atom. The fourth-order valence-electron chi connectivity index (χ4n) is 2.48. The summed E-state index contributed by atoms with van der Waals surface area (Å²) in [4.78, 5) is 16.7. The first-order valence-electron chi connectivity index (χ1n) is 7.10. The Morgan fingerprint density at radius 2 is 2.18 bits per heavy atom. The van der Waals surface area contributed by atoms with Crippen LogP contribution in [0.4, 0.5) is 5.82 Å². The second-order valence-corrected chi connectivity index (χ2v) is 6.48. The largest absolute Gasteiger partial charge is 0.506 e. The summed E-state index contributed by atoms with van der Waals surface area (Å²) in [5.41, 5.74) is 0.143. The summed E-state index contributed by atoms with van der Waals surface area (Å²) in [6.07, 6.45) is 2.13. The number of phenolic OH excluding ortho intramolecular Hbond substituents is 1. The molecule has 0 bridgehead atoms. The van der Waals surface area contributed by atoms with Crippen LogP contribution in [0.3, 0.4) is 0 Å². The van der Waals surface area contributed by atoms with Crippen LogP contribution >= 0.6 is 22.9 Å². The minimum atomic E-state index is -0.415. The lowest BCUT2D eigenvalue weighted by molar-refractivity contribution is 0.102. The van der Waals surface area contributed by atoms with Crippen molar-refractivity contribution in [3.8, 4) is 5.75 Å². The monoisotopic (exact) mass is 337 g/mol. The summed E-state index contributed by atoms with van der Waals surface area (Å²) >= 11 is 7.38. The third kappa shape index (κ3) is 3.24. The second-order valence-electron chi connectivity index (χ2n) is 5.19. The summed E-state index contributed by atoms with van der Waals surface area (Å²) in [5.74, 6) is 0.344. The summed E-state index contributed by atoms with van der Waals surface area (Å²) in [7, 11) is 0. The van der Waals surface area contributed by atoms with E-state index < -0.39 is 5.91 Å². The van der Waals surface area contributed by atoms with Crippen LogP contribution in [0.25, 0.3) is 0 Å². The molecular weight excluding hydrogens is 322 g/mol. The lowest BCUT2D eigenvalue weighted by Crippen LogP contribution is -2.26. The van der Waals surface area contributed by atoms with E-state index in [9.17, 15) is 9.90 Å². The number of anilines is 1. The summed E-state index contributed by atoms with van der Waals surface area (Å²) in [5, 5.41) is 18.9. The van der Waals surface area contributed by atoms with Gasteiger partial charge in [-0.3, -0.25) is 4.79 Å². The number of para-hydroxylation sites is 1. The van der Waals surface area contributed by atoms with Crippen molar-refractivity contribution in [2.24, 2.45) is 0 Å². The number of thiazole rings is 1. The highest BCUT2D eigenvalue weighted by Crippen LogP contribution is 2.30. The second kappa shape index (κ2) is 6.64. The lowest BCUT2D eigenvalue weighted by Gasteiger charge is -2.20. The van der Waals surface area contributed by atoms with Crippen LogP contribution in [0.5, 0.6) is 5.75 Å². The Kier molecular flexibility index (Phi) is 4.61. The molecule has 1 aromatic carbocycles. The van der Waals surface area contributed by atoms with Gasteiger partial charge in [0.15, 0.2) is 0 Å². The van der Waals surface area contributed by atoms with Crippen molar-refractivity contribution in [2.45, 2.75) is 18.8 Å². The van der Waals surface area contributed by atoms with E-state index in [1.807, 2.05) is 5.38 Å². The predicted molar refractivity (Wildman–Crippen MR) is 88.0 cm³/mol. The number of amides is 1. The lowest BCUT2D eigenvalue weighted by atomic mass is 9.99. The van der Waals surface area contributed by atoms with E-state index in [1.54, 1.807) is 17.4 Å². The Balaban J connectivity index is 1.72. The molecule has 1 fully saturated rings. The minimum Gasteiger partial charge on any atom is -0.506 e. The summed E-state index contributed by atoms with van der Waals surface area (Å²) in [6.45, 7) is 2.00. The third-order valence-electron chi connectivity index (χ3n) is 3.68. The number of nitrogens with one attached hydrogen (secondary N) is 2. The van der Waals surface area contributed by atoms with E-state index >= 15 is 0 Å². The number of nitrogens with zero attached hydrogens (tertiary/aromatic N) is 1. The van der Waals surface area contributed by atoms with Crippen molar-refractivity contribution < 1.29 is 9.90 Å². The fourth-order valence-corrected chi connectivity index (χ4v) is 3.58. The van der Waals surface area contributed by atoms with Crippen LogP contribution in [-0.4, -0.2) is 29.1 Å². The minimum absolute atomic E-state index is 0.143. The van der Waals surface area contributed by atoms with Gasteiger partial charge in [-0.15, -0.1) is 11.3 Å². The molecule has 3 N–H and O–H groups in total. The van der Waals surface area contributed by atoms with Crippen molar-refractivity contribution in [3.05, 3.63) is 39.2 Å². The van der Waals surface area contributed by atoms with Crippen molar-refractivity contribution >= 4 is 34.7 Å². The first kappa shape index (κ1) is 15.3. The van der Waals surface area contributed by atoms with Crippen LogP contribution in [0.2, 0.25) is 5.02 Å². The van der Waals surface area contributed by atoms with Gasteiger partial charge in [0.05, 0.1) is 15.6 Å². The molecular formula is C15H16ClN3O2S. The zero-order valence-electron chi connectivity index (χ0n) is 11.8. The van der Waals surface area contributed by atoms with Gasteiger partial charge in [-0.1, -0.05) is 17.7 Å². The normalized spacial score (nSPS) is 15.7. The molecule has 0 atom stereocenters. The number of hydrogen-bond donors (Lipinski definition) is 3. The van der Waals surface area contributed by atoms with Crippen LogP contribution in [0.15, 0.2) is 23.6 Å². The van der Waals surface area contributed by atoms with Crippen LogP contribution in [-0.2, 0) is 0 Å². The SMILES string of the molecule is O=C(Nc1csc(C2CCNCC2)n1)c1cccc(Cl)c1O. The van der Waals surface area contributed by atoms with E-state index in [-0.39, 0.29) is 16.3 Å². The number of benzene rings is 1. The standard InChI is InChI=1S/C15H16ClN3O2S/c16-11-3-1-2-10(13(11)20)14(21)18-12-8-22-15(19-12)9-4-6-17-7-5-9/h1-3,8-9,17,20H,4-7H2,(H,18,21). The molecule has 3 rings (SSSR count). The molecule has 1 saturated heterocycles. The molecule has 7 heteroatoms.